The van der Waals surface area contributed by atoms with Crippen LogP contribution in [0.5, 0.6) is 5.75 Å². The predicted octanol–water partition coefficient (Wildman–Crippen LogP) is 4.21. The Kier molecular flexibility index (Phi) is 3.59. The van der Waals surface area contributed by atoms with E-state index >= 15 is 0 Å². The Labute approximate surface area is 158 Å². The zero-order valence-electron chi connectivity index (χ0n) is 15.0. The van der Waals surface area contributed by atoms with Gasteiger partial charge in [-0.1, -0.05) is 11.6 Å². The number of benzene rings is 1. The minimum atomic E-state index is -0.388. The van der Waals surface area contributed by atoms with Gasteiger partial charge in [0.1, 0.15) is 23.0 Å². The maximum Gasteiger partial charge on any atom is 0.200 e. The molecule has 1 spiro atoms. The smallest absolute Gasteiger partial charge is 0.200 e. The number of piperidine rings is 1. The minimum Gasteiger partial charge on any atom is -0.466 e. The van der Waals surface area contributed by atoms with Crippen molar-refractivity contribution < 1.29 is 9.15 Å². The van der Waals surface area contributed by atoms with Gasteiger partial charge in [0, 0.05) is 42.9 Å². The summed E-state index contributed by atoms with van der Waals surface area (Å²) in [7, 11) is 2.16. The summed E-state index contributed by atoms with van der Waals surface area (Å²) in [5, 5.41) is 7.91. The van der Waals surface area contributed by atoms with Crippen LogP contribution in [-0.4, -0.2) is 41.5 Å². The molecule has 6 heteroatoms. The predicted molar refractivity (Wildman–Crippen MR) is 101 cm³/mol. The summed E-state index contributed by atoms with van der Waals surface area (Å²) in [6.07, 6.45) is 2.66. The molecule has 3 aliphatic rings. The molecule has 1 fully saturated rings. The monoisotopic (exact) mass is 371 g/mol. The fraction of sp³-hybridized carbons (Fsp3) is 0.450. The van der Waals surface area contributed by atoms with Crippen molar-refractivity contribution in [1.82, 2.24) is 9.91 Å². The number of halogens is 1. The van der Waals surface area contributed by atoms with Crippen LogP contribution in [0.15, 0.2) is 39.9 Å². The van der Waals surface area contributed by atoms with E-state index in [1.54, 1.807) is 0 Å². The summed E-state index contributed by atoms with van der Waals surface area (Å²) in [5.41, 5.74) is 1.71. The SMILES string of the molecule is Cc1ccc(C2=NN3[C@@H](C2)c2cc(Cl)ccc2OC32CCN(C)CC2)o1. The average Bonchev–Trinajstić information content (AvgIpc) is 3.25. The molecule has 0 amide bonds. The molecule has 0 unspecified atom stereocenters. The summed E-state index contributed by atoms with van der Waals surface area (Å²) in [4.78, 5) is 2.34. The van der Waals surface area contributed by atoms with Crippen LogP contribution in [0.25, 0.3) is 0 Å². The standard InChI is InChI=1S/C20H22ClN3O2/c1-13-3-5-19(25-13)16-12-17-15-11-14(21)4-6-18(15)26-20(24(17)22-16)7-9-23(2)10-8-20/h3-6,11,17H,7-10,12H2,1-2H3/t17-/m0/s1. The van der Waals surface area contributed by atoms with E-state index in [0.29, 0.717) is 0 Å². The first kappa shape index (κ1) is 16.2. The van der Waals surface area contributed by atoms with Gasteiger partial charge in [-0.2, -0.15) is 5.10 Å². The van der Waals surface area contributed by atoms with Gasteiger partial charge in [-0.05, 0) is 44.3 Å². The average molecular weight is 372 g/mol. The van der Waals surface area contributed by atoms with Crippen molar-refractivity contribution in [3.63, 3.8) is 0 Å². The minimum absolute atomic E-state index is 0.140. The van der Waals surface area contributed by atoms with Gasteiger partial charge < -0.3 is 14.1 Å². The fourth-order valence-electron chi connectivity index (χ4n) is 4.29. The second kappa shape index (κ2) is 5.76. The molecule has 136 valence electrons. The quantitative estimate of drug-likeness (QED) is 0.753. The number of fused-ring (bicyclic) bond motifs is 4. The second-order valence-electron chi connectivity index (χ2n) is 7.56. The summed E-state index contributed by atoms with van der Waals surface area (Å²) in [5.74, 6) is 2.69. The Morgan fingerprint density at radius 1 is 1.19 bits per heavy atom. The Balaban J connectivity index is 1.59. The molecule has 1 aromatic heterocycles. The summed E-state index contributed by atoms with van der Waals surface area (Å²) < 4.78 is 12.4. The highest BCUT2D eigenvalue weighted by molar-refractivity contribution is 6.30. The first-order chi connectivity index (χ1) is 12.5. The zero-order chi connectivity index (χ0) is 17.9. The second-order valence-corrected chi connectivity index (χ2v) is 7.99. The van der Waals surface area contributed by atoms with Gasteiger partial charge in [0.15, 0.2) is 0 Å². The molecule has 0 aliphatic carbocycles. The highest BCUT2D eigenvalue weighted by Gasteiger charge is 2.51. The number of hydrazone groups is 1. The lowest BCUT2D eigenvalue weighted by atomic mass is 9.91. The Morgan fingerprint density at radius 2 is 2.00 bits per heavy atom. The van der Waals surface area contributed by atoms with Crippen molar-refractivity contribution in [3.05, 3.63) is 52.4 Å². The lowest BCUT2D eigenvalue weighted by Gasteiger charge is -2.50. The van der Waals surface area contributed by atoms with Crippen molar-refractivity contribution in [1.29, 1.82) is 0 Å². The third-order valence-corrected chi connectivity index (χ3v) is 5.99. The molecular formula is C20H22ClN3O2. The maximum absolute atomic E-state index is 6.57. The Hall–Kier alpha value is -1.98. The normalized spacial score (nSPS) is 24.2. The maximum atomic E-state index is 6.57. The number of nitrogens with zero attached hydrogens (tertiary/aromatic N) is 3. The topological polar surface area (TPSA) is 41.2 Å². The number of aryl methyl sites for hydroxylation is 1. The number of rotatable bonds is 1. The van der Waals surface area contributed by atoms with Crippen LogP contribution >= 0.6 is 11.6 Å². The van der Waals surface area contributed by atoms with Gasteiger partial charge in [0.25, 0.3) is 0 Å². The molecule has 26 heavy (non-hydrogen) atoms. The van der Waals surface area contributed by atoms with Crippen LogP contribution in [0.4, 0.5) is 0 Å². The van der Waals surface area contributed by atoms with Crippen LogP contribution in [0.3, 0.4) is 0 Å². The van der Waals surface area contributed by atoms with Crippen LogP contribution in [-0.2, 0) is 0 Å². The number of ether oxygens (including phenoxy) is 1. The molecule has 1 atom stereocenters. The number of hydrogen-bond donors (Lipinski definition) is 0. The first-order valence-electron chi connectivity index (χ1n) is 9.15. The van der Waals surface area contributed by atoms with Gasteiger partial charge in [0.05, 0.1) is 6.04 Å². The fourth-order valence-corrected chi connectivity index (χ4v) is 4.47. The Morgan fingerprint density at radius 3 is 2.73 bits per heavy atom. The van der Waals surface area contributed by atoms with Gasteiger partial charge in [-0.15, -0.1) is 0 Å². The summed E-state index contributed by atoms with van der Waals surface area (Å²) in [6.45, 7) is 3.96. The van der Waals surface area contributed by atoms with E-state index in [-0.39, 0.29) is 11.8 Å². The molecule has 0 saturated carbocycles. The highest BCUT2D eigenvalue weighted by Crippen LogP contribution is 2.50. The van der Waals surface area contributed by atoms with E-state index in [1.165, 1.54) is 0 Å². The van der Waals surface area contributed by atoms with Gasteiger partial charge in [-0.3, -0.25) is 0 Å². The molecule has 5 nitrogen and oxygen atoms in total. The van der Waals surface area contributed by atoms with Gasteiger partial charge in [0.2, 0.25) is 5.72 Å². The molecule has 1 saturated heterocycles. The summed E-state index contributed by atoms with van der Waals surface area (Å²) in [6, 6.07) is 10.1. The van der Waals surface area contributed by atoms with Crippen molar-refractivity contribution in [2.45, 2.75) is 38.0 Å². The van der Waals surface area contributed by atoms with Crippen molar-refractivity contribution in [3.8, 4) is 5.75 Å². The van der Waals surface area contributed by atoms with Crippen molar-refractivity contribution in [2.75, 3.05) is 20.1 Å². The zero-order valence-corrected chi connectivity index (χ0v) is 15.8. The van der Waals surface area contributed by atoms with E-state index in [9.17, 15) is 0 Å². The van der Waals surface area contributed by atoms with E-state index in [1.807, 2.05) is 37.3 Å². The molecule has 0 radical (unpaired) electrons. The highest BCUT2D eigenvalue weighted by atomic mass is 35.5. The lowest BCUT2D eigenvalue weighted by molar-refractivity contribution is -0.147. The number of hydrogen-bond acceptors (Lipinski definition) is 5. The van der Waals surface area contributed by atoms with Crippen molar-refractivity contribution in [2.24, 2.45) is 5.10 Å². The van der Waals surface area contributed by atoms with Gasteiger partial charge in [-0.25, -0.2) is 5.01 Å². The van der Waals surface area contributed by atoms with Crippen LogP contribution in [0, 0.1) is 6.92 Å². The van der Waals surface area contributed by atoms with E-state index in [0.717, 1.165) is 65.9 Å². The first-order valence-corrected chi connectivity index (χ1v) is 9.52. The van der Waals surface area contributed by atoms with Crippen LogP contribution in [0.2, 0.25) is 5.02 Å². The summed E-state index contributed by atoms with van der Waals surface area (Å²) >= 11 is 6.28. The van der Waals surface area contributed by atoms with Crippen molar-refractivity contribution >= 4 is 17.3 Å². The van der Waals surface area contributed by atoms with E-state index in [4.69, 9.17) is 25.9 Å². The Bertz CT molecular complexity index is 883. The third kappa shape index (κ3) is 2.45. The molecule has 0 bridgehead atoms. The largest absolute Gasteiger partial charge is 0.466 e. The van der Waals surface area contributed by atoms with Gasteiger partial charge >= 0.3 is 0 Å². The number of furan rings is 1. The lowest BCUT2D eigenvalue weighted by Crippen LogP contribution is -2.58. The molecule has 4 heterocycles. The van der Waals surface area contributed by atoms with E-state index in [2.05, 4.69) is 17.0 Å². The molecule has 5 rings (SSSR count). The molecule has 3 aliphatic heterocycles. The number of likely N-dealkylation sites (tertiary alicyclic amines) is 1. The molecule has 2 aromatic rings. The van der Waals surface area contributed by atoms with Crippen LogP contribution in [0.1, 0.15) is 42.4 Å². The van der Waals surface area contributed by atoms with E-state index < -0.39 is 0 Å². The molecule has 0 N–H and O–H groups in total. The molecular weight excluding hydrogens is 350 g/mol. The molecule has 1 aromatic carbocycles. The third-order valence-electron chi connectivity index (χ3n) is 5.75. The van der Waals surface area contributed by atoms with Crippen LogP contribution < -0.4 is 4.74 Å².